The number of anilines is 1. The number of benzene rings is 1. The summed E-state index contributed by atoms with van der Waals surface area (Å²) >= 11 is 0. The van der Waals surface area contributed by atoms with E-state index in [1.54, 1.807) is 7.11 Å². The Kier molecular flexibility index (Phi) is 4.76. The number of nitrogens with zero attached hydrogens (tertiary/aromatic N) is 4. The Balaban J connectivity index is 1.79. The first kappa shape index (κ1) is 16.8. The van der Waals surface area contributed by atoms with E-state index >= 15 is 0 Å². The van der Waals surface area contributed by atoms with Gasteiger partial charge in [-0.3, -0.25) is 4.90 Å². The fourth-order valence-electron chi connectivity index (χ4n) is 3.16. The molecule has 6 nitrogen and oxygen atoms in total. The largest absolute Gasteiger partial charge is 0.496 e. The quantitative estimate of drug-likeness (QED) is 0.859. The summed E-state index contributed by atoms with van der Waals surface area (Å²) in [4.78, 5) is 4.62. The lowest BCUT2D eigenvalue weighted by Gasteiger charge is -2.35. The zero-order valence-corrected chi connectivity index (χ0v) is 15.2. The Bertz CT molecular complexity index is 703. The van der Waals surface area contributed by atoms with Crippen LogP contribution in [0.3, 0.4) is 0 Å². The maximum absolute atomic E-state index is 5.95. The molecule has 1 aliphatic rings. The standard InChI is InChI=1S/C18H26N4O2/c1-12(2)21-6-8-22(9-7-21)18-20-19-17(24-18)15-11-16(23-5)14(4)10-13(15)3/h10-12H,6-9H2,1-5H3. The number of rotatable bonds is 4. The summed E-state index contributed by atoms with van der Waals surface area (Å²) in [7, 11) is 1.68. The Morgan fingerprint density at radius 2 is 1.75 bits per heavy atom. The molecule has 0 radical (unpaired) electrons. The number of aromatic nitrogens is 2. The van der Waals surface area contributed by atoms with Crippen LogP contribution in [0.2, 0.25) is 0 Å². The van der Waals surface area contributed by atoms with E-state index in [1.165, 1.54) is 0 Å². The first-order chi connectivity index (χ1) is 11.5. The third-order valence-electron chi connectivity index (χ3n) is 4.70. The number of hydrogen-bond acceptors (Lipinski definition) is 6. The van der Waals surface area contributed by atoms with Crippen molar-refractivity contribution in [3.63, 3.8) is 0 Å². The number of piperazine rings is 1. The zero-order valence-electron chi connectivity index (χ0n) is 15.2. The molecular weight excluding hydrogens is 304 g/mol. The molecule has 0 spiro atoms. The highest BCUT2D eigenvalue weighted by molar-refractivity contribution is 5.63. The molecule has 0 unspecified atom stereocenters. The van der Waals surface area contributed by atoms with Gasteiger partial charge in [0.25, 0.3) is 0 Å². The summed E-state index contributed by atoms with van der Waals surface area (Å²) in [6, 6.07) is 5.23. The summed E-state index contributed by atoms with van der Waals surface area (Å²) < 4.78 is 11.4. The molecule has 1 fully saturated rings. The average Bonchev–Trinajstić information content (AvgIpc) is 3.05. The molecule has 130 valence electrons. The van der Waals surface area contributed by atoms with Crippen molar-refractivity contribution in [2.24, 2.45) is 0 Å². The highest BCUT2D eigenvalue weighted by atomic mass is 16.5. The van der Waals surface area contributed by atoms with E-state index in [9.17, 15) is 0 Å². The number of hydrogen-bond donors (Lipinski definition) is 0. The van der Waals surface area contributed by atoms with Crippen molar-refractivity contribution in [1.82, 2.24) is 15.1 Å². The van der Waals surface area contributed by atoms with Crippen molar-refractivity contribution < 1.29 is 9.15 Å². The van der Waals surface area contributed by atoms with Crippen LogP contribution in [0.4, 0.5) is 6.01 Å². The molecule has 0 N–H and O–H groups in total. The number of methoxy groups -OCH3 is 1. The Hall–Kier alpha value is -2.08. The molecule has 1 aromatic carbocycles. The minimum atomic E-state index is 0.548. The van der Waals surface area contributed by atoms with Gasteiger partial charge in [-0.05, 0) is 44.9 Å². The van der Waals surface area contributed by atoms with Gasteiger partial charge in [-0.1, -0.05) is 11.2 Å². The zero-order chi connectivity index (χ0) is 17.3. The minimum absolute atomic E-state index is 0.548. The van der Waals surface area contributed by atoms with E-state index in [1.807, 2.05) is 19.9 Å². The van der Waals surface area contributed by atoms with Crippen molar-refractivity contribution >= 4 is 6.01 Å². The first-order valence-corrected chi connectivity index (χ1v) is 8.47. The van der Waals surface area contributed by atoms with E-state index in [0.29, 0.717) is 17.9 Å². The predicted octanol–water partition coefficient (Wildman–Crippen LogP) is 2.89. The third kappa shape index (κ3) is 3.24. The van der Waals surface area contributed by atoms with E-state index in [0.717, 1.165) is 48.6 Å². The predicted molar refractivity (Wildman–Crippen MR) is 94.7 cm³/mol. The molecule has 0 amide bonds. The van der Waals surface area contributed by atoms with Gasteiger partial charge < -0.3 is 14.1 Å². The molecule has 2 heterocycles. The van der Waals surface area contributed by atoms with Crippen LogP contribution >= 0.6 is 0 Å². The van der Waals surface area contributed by atoms with E-state index in [-0.39, 0.29) is 0 Å². The topological polar surface area (TPSA) is 54.6 Å². The molecule has 0 saturated carbocycles. The molecule has 1 saturated heterocycles. The van der Waals surface area contributed by atoms with Crippen LogP contribution in [0.25, 0.3) is 11.5 Å². The van der Waals surface area contributed by atoms with Gasteiger partial charge in [-0.25, -0.2) is 0 Å². The lowest BCUT2D eigenvalue weighted by atomic mass is 10.0. The van der Waals surface area contributed by atoms with Crippen molar-refractivity contribution in [3.05, 3.63) is 23.3 Å². The summed E-state index contributed by atoms with van der Waals surface area (Å²) in [5.74, 6) is 1.38. The molecule has 2 aromatic rings. The van der Waals surface area contributed by atoms with Gasteiger partial charge in [0, 0.05) is 37.8 Å². The third-order valence-corrected chi connectivity index (χ3v) is 4.70. The smallest absolute Gasteiger partial charge is 0.318 e. The van der Waals surface area contributed by atoms with Crippen molar-refractivity contribution in [3.8, 4) is 17.2 Å². The molecule has 0 atom stereocenters. The van der Waals surface area contributed by atoms with Gasteiger partial charge in [0.15, 0.2) is 0 Å². The molecular formula is C18H26N4O2. The monoisotopic (exact) mass is 330 g/mol. The molecule has 6 heteroatoms. The highest BCUT2D eigenvalue weighted by Gasteiger charge is 2.23. The molecule has 1 aliphatic heterocycles. The SMILES string of the molecule is COc1cc(-c2nnc(N3CCN(C(C)C)CC3)o2)c(C)cc1C. The summed E-state index contributed by atoms with van der Waals surface area (Å²) in [6.45, 7) is 12.4. The van der Waals surface area contributed by atoms with E-state index in [4.69, 9.17) is 9.15 Å². The second kappa shape index (κ2) is 6.81. The Morgan fingerprint density at radius 1 is 1.04 bits per heavy atom. The number of ether oxygens (including phenoxy) is 1. The van der Waals surface area contributed by atoms with Crippen LogP contribution in [0.15, 0.2) is 16.5 Å². The lowest BCUT2D eigenvalue weighted by molar-refractivity contribution is 0.206. The van der Waals surface area contributed by atoms with Crippen molar-refractivity contribution in [2.45, 2.75) is 33.7 Å². The average molecular weight is 330 g/mol. The minimum Gasteiger partial charge on any atom is -0.496 e. The van der Waals surface area contributed by atoms with E-state index in [2.05, 4.69) is 39.9 Å². The van der Waals surface area contributed by atoms with Crippen molar-refractivity contribution in [1.29, 1.82) is 0 Å². The van der Waals surface area contributed by atoms with Crippen LogP contribution in [0.1, 0.15) is 25.0 Å². The van der Waals surface area contributed by atoms with Crippen LogP contribution < -0.4 is 9.64 Å². The van der Waals surface area contributed by atoms with Crippen molar-refractivity contribution in [2.75, 3.05) is 38.2 Å². The second-order valence-electron chi connectivity index (χ2n) is 6.64. The van der Waals surface area contributed by atoms with Crippen LogP contribution in [-0.4, -0.2) is 54.4 Å². The molecule has 0 bridgehead atoms. The Morgan fingerprint density at radius 3 is 2.38 bits per heavy atom. The van der Waals surface area contributed by atoms with E-state index < -0.39 is 0 Å². The second-order valence-corrected chi connectivity index (χ2v) is 6.64. The molecule has 3 rings (SSSR count). The summed E-state index contributed by atoms with van der Waals surface area (Å²) in [5, 5.41) is 8.51. The van der Waals surface area contributed by atoms with Gasteiger partial charge in [0.1, 0.15) is 5.75 Å². The first-order valence-electron chi connectivity index (χ1n) is 8.47. The number of aryl methyl sites for hydroxylation is 2. The van der Waals surface area contributed by atoms with Gasteiger partial charge in [0.05, 0.1) is 7.11 Å². The summed E-state index contributed by atoms with van der Waals surface area (Å²) in [5.41, 5.74) is 3.13. The fourth-order valence-corrected chi connectivity index (χ4v) is 3.16. The van der Waals surface area contributed by atoms with Gasteiger partial charge in [0.2, 0.25) is 5.89 Å². The van der Waals surface area contributed by atoms with Gasteiger partial charge in [-0.2, -0.15) is 0 Å². The van der Waals surface area contributed by atoms with Crippen LogP contribution in [0.5, 0.6) is 5.75 Å². The Labute approximate surface area is 143 Å². The lowest BCUT2D eigenvalue weighted by Crippen LogP contribution is -2.49. The summed E-state index contributed by atoms with van der Waals surface area (Å²) in [6.07, 6.45) is 0. The highest BCUT2D eigenvalue weighted by Crippen LogP contribution is 2.31. The van der Waals surface area contributed by atoms with Crippen LogP contribution in [0, 0.1) is 13.8 Å². The normalized spacial score (nSPS) is 16.0. The maximum Gasteiger partial charge on any atom is 0.318 e. The van der Waals surface area contributed by atoms with Gasteiger partial charge in [-0.15, -0.1) is 5.10 Å². The van der Waals surface area contributed by atoms with Crippen LogP contribution in [-0.2, 0) is 0 Å². The molecule has 0 aliphatic carbocycles. The van der Waals surface area contributed by atoms with Gasteiger partial charge >= 0.3 is 6.01 Å². The molecule has 1 aromatic heterocycles. The maximum atomic E-state index is 5.95. The molecule has 24 heavy (non-hydrogen) atoms. The fraction of sp³-hybridized carbons (Fsp3) is 0.556.